The minimum Gasteiger partial charge on any atom is -0.354 e. The lowest BCUT2D eigenvalue weighted by Crippen LogP contribution is -2.01. The van der Waals surface area contributed by atoms with Crippen LogP contribution in [0.2, 0.25) is 0 Å². The molecule has 3 heterocycles. The van der Waals surface area contributed by atoms with Gasteiger partial charge in [0.25, 0.3) is 0 Å². The van der Waals surface area contributed by atoms with E-state index in [0.717, 1.165) is 22.6 Å². The number of pyridine rings is 1. The van der Waals surface area contributed by atoms with Crippen LogP contribution >= 0.6 is 0 Å². The Morgan fingerprint density at radius 3 is 2.38 bits per heavy atom. The molecule has 3 aromatic heterocycles. The van der Waals surface area contributed by atoms with Gasteiger partial charge in [-0.2, -0.15) is 0 Å². The lowest BCUT2D eigenvalue weighted by Gasteiger charge is -2.13. The number of halogens is 2. The second kappa shape index (κ2) is 8.37. The highest BCUT2D eigenvalue weighted by atomic mass is 19.1. The number of hydrogen-bond acceptors (Lipinski definition) is 4. The maximum atomic E-state index is 14.9. The predicted octanol–water partition coefficient (Wildman–Crippen LogP) is 6.27. The molecule has 172 valence electrons. The zero-order chi connectivity index (χ0) is 24.0. The Morgan fingerprint density at radius 2 is 1.74 bits per heavy atom. The number of benzene rings is 2. The number of fused-ring (bicyclic) bond motifs is 1. The van der Waals surface area contributed by atoms with Gasteiger partial charge in [0.15, 0.2) is 5.65 Å². The van der Waals surface area contributed by atoms with Gasteiger partial charge in [0.05, 0.1) is 23.4 Å². The number of imidazole rings is 2. The molecule has 2 aromatic carbocycles. The lowest BCUT2D eigenvalue weighted by molar-refractivity contribution is 0.618. The minimum atomic E-state index is -0.371. The Labute approximate surface area is 195 Å². The van der Waals surface area contributed by atoms with Crippen molar-refractivity contribution < 1.29 is 8.78 Å². The fraction of sp³-hybridized carbons (Fsp3) is 0.192. The van der Waals surface area contributed by atoms with Crippen LogP contribution in [0.1, 0.15) is 31.2 Å². The van der Waals surface area contributed by atoms with Gasteiger partial charge >= 0.3 is 0 Å². The van der Waals surface area contributed by atoms with Gasteiger partial charge in [-0.1, -0.05) is 13.8 Å². The maximum Gasteiger partial charge on any atom is 0.162 e. The Balaban J connectivity index is 1.59. The Hall–Kier alpha value is -4.07. The van der Waals surface area contributed by atoms with E-state index >= 15 is 0 Å². The average molecular weight is 459 g/mol. The van der Waals surface area contributed by atoms with Gasteiger partial charge < -0.3 is 14.5 Å². The summed E-state index contributed by atoms with van der Waals surface area (Å²) in [5.74, 6) is 0.174. The normalized spacial score (nSPS) is 11.5. The first-order chi connectivity index (χ1) is 16.3. The first kappa shape index (κ1) is 21.8. The van der Waals surface area contributed by atoms with Gasteiger partial charge in [-0.15, -0.1) is 0 Å². The van der Waals surface area contributed by atoms with Gasteiger partial charge in [-0.3, -0.25) is 0 Å². The zero-order valence-electron chi connectivity index (χ0n) is 19.3. The summed E-state index contributed by atoms with van der Waals surface area (Å²) in [6, 6.07) is 13.1. The standard InChI is InChI=1S/C26H24F2N6/c1-15(2)21-12-22(30-19-9-10-23(20(28)11-19)34-13-16(3)29-14-34)24-26(31-21)33(4)25(32-24)17-5-7-18(27)8-6-17/h5-15H,1-4H3,(H,30,31). The summed E-state index contributed by atoms with van der Waals surface area (Å²) < 4.78 is 31.9. The molecule has 0 fully saturated rings. The SMILES string of the molecule is Cc1cn(-c2ccc(Nc3cc(C(C)C)nc4c3nc(-c3ccc(F)cc3)n4C)cc2F)cn1. The highest BCUT2D eigenvalue weighted by molar-refractivity contribution is 5.91. The fourth-order valence-corrected chi connectivity index (χ4v) is 3.92. The molecule has 5 aromatic rings. The number of rotatable bonds is 5. The van der Waals surface area contributed by atoms with Crippen molar-refractivity contribution in [2.24, 2.45) is 7.05 Å². The molecule has 0 aliphatic rings. The number of nitrogens with one attached hydrogen (secondary N) is 1. The van der Waals surface area contributed by atoms with E-state index in [4.69, 9.17) is 9.97 Å². The molecule has 0 radical (unpaired) electrons. The van der Waals surface area contributed by atoms with Crippen molar-refractivity contribution in [3.8, 4) is 17.1 Å². The molecular weight excluding hydrogens is 434 g/mol. The molecule has 0 saturated carbocycles. The minimum absolute atomic E-state index is 0.178. The fourth-order valence-electron chi connectivity index (χ4n) is 3.92. The lowest BCUT2D eigenvalue weighted by atomic mass is 10.1. The quantitative estimate of drug-likeness (QED) is 0.337. The maximum absolute atomic E-state index is 14.9. The number of aromatic nitrogens is 5. The Bertz CT molecular complexity index is 1500. The monoisotopic (exact) mass is 458 g/mol. The first-order valence-corrected chi connectivity index (χ1v) is 11.0. The van der Waals surface area contributed by atoms with Crippen LogP contribution in [0.3, 0.4) is 0 Å². The molecule has 5 rings (SSSR count). The third kappa shape index (κ3) is 3.91. The van der Waals surface area contributed by atoms with Crippen molar-refractivity contribution in [2.45, 2.75) is 26.7 Å². The van der Waals surface area contributed by atoms with Crippen molar-refractivity contribution in [2.75, 3.05) is 5.32 Å². The molecule has 1 N–H and O–H groups in total. The Morgan fingerprint density at radius 1 is 0.971 bits per heavy atom. The summed E-state index contributed by atoms with van der Waals surface area (Å²) in [6.07, 6.45) is 3.37. The summed E-state index contributed by atoms with van der Waals surface area (Å²) >= 11 is 0. The highest BCUT2D eigenvalue weighted by Gasteiger charge is 2.18. The van der Waals surface area contributed by atoms with Gasteiger partial charge in [0, 0.05) is 30.2 Å². The van der Waals surface area contributed by atoms with Crippen LogP contribution in [0.15, 0.2) is 61.1 Å². The number of aryl methyl sites for hydroxylation is 2. The number of hydrogen-bond donors (Lipinski definition) is 1. The summed E-state index contributed by atoms with van der Waals surface area (Å²) in [7, 11) is 1.89. The van der Waals surface area contributed by atoms with E-state index < -0.39 is 0 Å². The molecule has 0 aliphatic heterocycles. The van der Waals surface area contributed by atoms with E-state index in [0.29, 0.717) is 28.4 Å². The van der Waals surface area contributed by atoms with E-state index in [1.165, 1.54) is 18.2 Å². The second-order valence-electron chi connectivity index (χ2n) is 8.64. The molecule has 0 amide bonds. The molecule has 6 nitrogen and oxygen atoms in total. The van der Waals surface area contributed by atoms with E-state index in [9.17, 15) is 8.78 Å². The van der Waals surface area contributed by atoms with Gasteiger partial charge in [0.2, 0.25) is 0 Å². The van der Waals surface area contributed by atoms with Crippen molar-refractivity contribution in [3.05, 3.63) is 84.1 Å². The molecule has 0 saturated heterocycles. The van der Waals surface area contributed by atoms with Crippen molar-refractivity contribution in [1.29, 1.82) is 0 Å². The topological polar surface area (TPSA) is 60.6 Å². The van der Waals surface area contributed by atoms with E-state index in [2.05, 4.69) is 24.1 Å². The van der Waals surface area contributed by atoms with Gasteiger partial charge in [-0.05, 0) is 61.4 Å². The predicted molar refractivity (Wildman–Crippen MR) is 130 cm³/mol. The van der Waals surface area contributed by atoms with Crippen molar-refractivity contribution in [3.63, 3.8) is 0 Å². The van der Waals surface area contributed by atoms with Crippen molar-refractivity contribution in [1.82, 2.24) is 24.1 Å². The Kier molecular flexibility index (Phi) is 5.36. The molecule has 0 spiro atoms. The van der Waals surface area contributed by atoms with Crippen LogP contribution in [0, 0.1) is 18.6 Å². The van der Waals surface area contributed by atoms with Crippen LogP contribution in [0.5, 0.6) is 0 Å². The van der Waals surface area contributed by atoms with Crippen LogP contribution in [0.4, 0.5) is 20.2 Å². The third-order valence-corrected chi connectivity index (χ3v) is 5.76. The summed E-state index contributed by atoms with van der Waals surface area (Å²) in [5, 5.41) is 3.33. The first-order valence-electron chi connectivity index (χ1n) is 11.0. The van der Waals surface area contributed by atoms with Crippen LogP contribution in [0.25, 0.3) is 28.2 Å². The smallest absolute Gasteiger partial charge is 0.162 e. The van der Waals surface area contributed by atoms with E-state index in [1.807, 2.05) is 30.7 Å². The number of nitrogens with zero attached hydrogens (tertiary/aromatic N) is 5. The van der Waals surface area contributed by atoms with E-state index in [1.54, 1.807) is 35.3 Å². The molecule has 0 bridgehead atoms. The largest absolute Gasteiger partial charge is 0.354 e. The molecule has 0 atom stereocenters. The van der Waals surface area contributed by atoms with E-state index in [-0.39, 0.29) is 17.6 Å². The van der Waals surface area contributed by atoms with Crippen molar-refractivity contribution >= 4 is 22.5 Å². The summed E-state index contributed by atoms with van der Waals surface area (Å²) in [5.41, 5.74) is 5.57. The molecule has 8 heteroatoms. The van der Waals surface area contributed by atoms with Crippen LogP contribution in [-0.2, 0) is 7.05 Å². The van der Waals surface area contributed by atoms with Gasteiger partial charge in [0.1, 0.15) is 23.0 Å². The third-order valence-electron chi connectivity index (χ3n) is 5.76. The number of anilines is 2. The molecule has 0 aliphatic carbocycles. The van der Waals surface area contributed by atoms with Crippen LogP contribution in [-0.4, -0.2) is 24.1 Å². The molecule has 34 heavy (non-hydrogen) atoms. The van der Waals surface area contributed by atoms with Crippen LogP contribution < -0.4 is 5.32 Å². The average Bonchev–Trinajstić information content (AvgIpc) is 3.38. The summed E-state index contributed by atoms with van der Waals surface area (Å²) in [6.45, 7) is 5.99. The second-order valence-corrected chi connectivity index (χ2v) is 8.64. The highest BCUT2D eigenvalue weighted by Crippen LogP contribution is 2.32. The molecule has 0 unspecified atom stereocenters. The summed E-state index contributed by atoms with van der Waals surface area (Å²) in [4.78, 5) is 13.8. The van der Waals surface area contributed by atoms with Gasteiger partial charge in [-0.25, -0.2) is 23.7 Å². The zero-order valence-corrected chi connectivity index (χ0v) is 19.3. The molecular formula is C26H24F2N6.